The van der Waals surface area contributed by atoms with Crippen molar-refractivity contribution < 1.29 is 0 Å². The lowest BCUT2D eigenvalue weighted by molar-refractivity contribution is 0.735. The Kier molecular flexibility index (Phi) is 3.32. The zero-order valence-corrected chi connectivity index (χ0v) is 11.7. The predicted octanol–water partition coefficient (Wildman–Crippen LogP) is 3.85. The quantitative estimate of drug-likeness (QED) is 0.783. The Morgan fingerprint density at radius 2 is 2.05 bits per heavy atom. The summed E-state index contributed by atoms with van der Waals surface area (Å²) in [6.07, 6.45) is 2.72. The summed E-state index contributed by atoms with van der Waals surface area (Å²) in [7, 11) is 0. The number of aryl methyl sites for hydroxylation is 1. The van der Waals surface area contributed by atoms with E-state index < -0.39 is 0 Å². The van der Waals surface area contributed by atoms with Gasteiger partial charge in [-0.2, -0.15) is 0 Å². The first-order valence-electron chi connectivity index (χ1n) is 6.38. The van der Waals surface area contributed by atoms with Crippen molar-refractivity contribution in [2.45, 2.75) is 19.4 Å². The standard InChI is InChI=1S/C16H16N2S/c1-11-7-9-19-16(11)14(17)10-12-6-8-18-15-5-3-2-4-13(12)15/h2-9,14H,10,17H2,1H3. The van der Waals surface area contributed by atoms with E-state index in [1.807, 2.05) is 18.3 Å². The van der Waals surface area contributed by atoms with Crippen LogP contribution in [0.25, 0.3) is 10.9 Å². The smallest absolute Gasteiger partial charge is 0.0704 e. The van der Waals surface area contributed by atoms with E-state index in [9.17, 15) is 0 Å². The van der Waals surface area contributed by atoms with Gasteiger partial charge in [0.15, 0.2) is 0 Å². The normalized spacial score (nSPS) is 12.7. The van der Waals surface area contributed by atoms with Gasteiger partial charge in [0.2, 0.25) is 0 Å². The van der Waals surface area contributed by atoms with Gasteiger partial charge in [0.1, 0.15) is 0 Å². The molecule has 0 fully saturated rings. The Balaban J connectivity index is 1.96. The van der Waals surface area contributed by atoms with Gasteiger partial charge in [0, 0.05) is 22.5 Å². The molecule has 0 amide bonds. The van der Waals surface area contributed by atoms with Crippen LogP contribution in [-0.4, -0.2) is 4.98 Å². The molecule has 2 nitrogen and oxygen atoms in total. The molecule has 96 valence electrons. The molecule has 1 unspecified atom stereocenters. The van der Waals surface area contributed by atoms with Crippen LogP contribution in [0.1, 0.15) is 22.0 Å². The van der Waals surface area contributed by atoms with E-state index in [2.05, 4.69) is 41.6 Å². The summed E-state index contributed by atoms with van der Waals surface area (Å²) in [5.41, 5.74) is 9.95. The van der Waals surface area contributed by atoms with E-state index in [0.29, 0.717) is 0 Å². The predicted molar refractivity (Wildman–Crippen MR) is 81.4 cm³/mol. The molecule has 2 heterocycles. The van der Waals surface area contributed by atoms with Crippen molar-refractivity contribution in [3.05, 3.63) is 64.0 Å². The monoisotopic (exact) mass is 268 g/mol. The molecule has 1 atom stereocenters. The highest BCUT2D eigenvalue weighted by Crippen LogP contribution is 2.27. The molecule has 0 aliphatic rings. The van der Waals surface area contributed by atoms with Gasteiger partial charge >= 0.3 is 0 Å². The zero-order valence-electron chi connectivity index (χ0n) is 10.8. The second-order valence-corrected chi connectivity index (χ2v) is 5.71. The molecule has 2 aromatic heterocycles. The average molecular weight is 268 g/mol. The summed E-state index contributed by atoms with van der Waals surface area (Å²) in [6.45, 7) is 2.12. The maximum absolute atomic E-state index is 6.35. The minimum absolute atomic E-state index is 0.0609. The van der Waals surface area contributed by atoms with Gasteiger partial charge in [0.05, 0.1) is 5.52 Å². The van der Waals surface area contributed by atoms with Crippen LogP contribution in [0.5, 0.6) is 0 Å². The van der Waals surface area contributed by atoms with Crippen LogP contribution < -0.4 is 5.73 Å². The summed E-state index contributed by atoms with van der Waals surface area (Å²) in [4.78, 5) is 5.67. The highest BCUT2D eigenvalue weighted by molar-refractivity contribution is 7.10. The fourth-order valence-corrected chi connectivity index (χ4v) is 3.36. The second kappa shape index (κ2) is 5.11. The van der Waals surface area contributed by atoms with Crippen molar-refractivity contribution in [1.29, 1.82) is 0 Å². The molecule has 3 heteroatoms. The van der Waals surface area contributed by atoms with E-state index in [1.165, 1.54) is 21.4 Å². The van der Waals surface area contributed by atoms with Crippen LogP contribution in [-0.2, 0) is 6.42 Å². The first kappa shape index (κ1) is 12.3. The third kappa shape index (κ3) is 2.39. The molecule has 3 aromatic rings. The van der Waals surface area contributed by atoms with Crippen LogP contribution in [0.15, 0.2) is 48.0 Å². The van der Waals surface area contributed by atoms with Gasteiger partial charge < -0.3 is 5.73 Å². The fourth-order valence-electron chi connectivity index (χ4n) is 2.43. The van der Waals surface area contributed by atoms with Gasteiger partial charge in [-0.25, -0.2) is 0 Å². The number of nitrogens with zero attached hydrogens (tertiary/aromatic N) is 1. The van der Waals surface area contributed by atoms with Crippen LogP contribution in [0.2, 0.25) is 0 Å². The number of thiophene rings is 1. The highest BCUT2D eigenvalue weighted by atomic mass is 32.1. The lowest BCUT2D eigenvalue weighted by Crippen LogP contribution is -2.13. The molecule has 0 saturated carbocycles. The van der Waals surface area contributed by atoms with E-state index in [-0.39, 0.29) is 6.04 Å². The van der Waals surface area contributed by atoms with Gasteiger partial charge in [-0.15, -0.1) is 11.3 Å². The van der Waals surface area contributed by atoms with Crippen LogP contribution >= 0.6 is 11.3 Å². The molecular formula is C16H16N2S. The third-order valence-corrected chi connectivity index (χ3v) is 4.57. The lowest BCUT2D eigenvalue weighted by atomic mass is 10.0. The highest BCUT2D eigenvalue weighted by Gasteiger charge is 2.12. The van der Waals surface area contributed by atoms with Crippen molar-refractivity contribution in [3.63, 3.8) is 0 Å². The molecule has 0 radical (unpaired) electrons. The molecule has 0 saturated heterocycles. The molecule has 0 aliphatic heterocycles. The molecule has 1 aromatic carbocycles. The molecule has 19 heavy (non-hydrogen) atoms. The SMILES string of the molecule is Cc1ccsc1C(N)Cc1ccnc2ccccc12. The largest absolute Gasteiger partial charge is 0.323 e. The number of hydrogen-bond acceptors (Lipinski definition) is 3. The van der Waals surface area contributed by atoms with E-state index in [4.69, 9.17) is 5.73 Å². The van der Waals surface area contributed by atoms with Crippen LogP contribution in [0.3, 0.4) is 0 Å². The van der Waals surface area contributed by atoms with E-state index >= 15 is 0 Å². The summed E-state index contributed by atoms with van der Waals surface area (Å²) in [5, 5.41) is 3.31. The van der Waals surface area contributed by atoms with Gasteiger partial charge in [-0.05, 0) is 48.1 Å². The minimum Gasteiger partial charge on any atom is -0.323 e. The Hall–Kier alpha value is -1.71. The number of hydrogen-bond donors (Lipinski definition) is 1. The third-order valence-electron chi connectivity index (χ3n) is 3.42. The molecule has 0 spiro atoms. The van der Waals surface area contributed by atoms with E-state index in [1.54, 1.807) is 11.3 Å². The second-order valence-electron chi connectivity index (χ2n) is 4.77. The van der Waals surface area contributed by atoms with Gasteiger partial charge in [0.25, 0.3) is 0 Å². The van der Waals surface area contributed by atoms with Crippen molar-refractivity contribution in [2.24, 2.45) is 5.73 Å². The topological polar surface area (TPSA) is 38.9 Å². The maximum atomic E-state index is 6.35. The van der Waals surface area contributed by atoms with Gasteiger partial charge in [-0.3, -0.25) is 4.98 Å². The lowest BCUT2D eigenvalue weighted by Gasteiger charge is -2.13. The van der Waals surface area contributed by atoms with Crippen molar-refractivity contribution in [3.8, 4) is 0 Å². The molecule has 2 N–H and O–H groups in total. The number of nitrogens with two attached hydrogens (primary N) is 1. The molecule has 0 bridgehead atoms. The zero-order chi connectivity index (χ0) is 13.2. The Labute approximate surface area is 116 Å². The molecular weight excluding hydrogens is 252 g/mol. The number of para-hydroxylation sites is 1. The van der Waals surface area contributed by atoms with Crippen molar-refractivity contribution >= 4 is 22.2 Å². The van der Waals surface area contributed by atoms with E-state index in [0.717, 1.165) is 11.9 Å². The Morgan fingerprint density at radius 3 is 2.84 bits per heavy atom. The summed E-state index contributed by atoms with van der Waals surface area (Å²) in [5.74, 6) is 0. The number of rotatable bonds is 3. The maximum Gasteiger partial charge on any atom is 0.0704 e. The Bertz CT molecular complexity index is 697. The van der Waals surface area contributed by atoms with Gasteiger partial charge in [-0.1, -0.05) is 18.2 Å². The van der Waals surface area contributed by atoms with Crippen LogP contribution in [0, 0.1) is 6.92 Å². The fraction of sp³-hybridized carbons (Fsp3) is 0.188. The Morgan fingerprint density at radius 1 is 1.21 bits per heavy atom. The van der Waals surface area contributed by atoms with Crippen molar-refractivity contribution in [2.75, 3.05) is 0 Å². The van der Waals surface area contributed by atoms with Crippen molar-refractivity contribution in [1.82, 2.24) is 4.98 Å². The minimum atomic E-state index is 0.0609. The van der Waals surface area contributed by atoms with Crippen LogP contribution in [0.4, 0.5) is 0 Å². The summed E-state index contributed by atoms with van der Waals surface area (Å²) in [6, 6.07) is 12.5. The number of aromatic nitrogens is 1. The number of fused-ring (bicyclic) bond motifs is 1. The molecule has 0 aliphatic carbocycles. The number of benzene rings is 1. The molecule has 3 rings (SSSR count). The first-order valence-corrected chi connectivity index (χ1v) is 7.26. The summed E-state index contributed by atoms with van der Waals surface area (Å²) >= 11 is 1.74. The number of pyridine rings is 1. The average Bonchev–Trinajstić information content (AvgIpc) is 2.85. The first-order chi connectivity index (χ1) is 9.25. The summed E-state index contributed by atoms with van der Waals surface area (Å²) < 4.78 is 0.